The van der Waals surface area contributed by atoms with Crippen molar-refractivity contribution in [1.82, 2.24) is 14.7 Å². The molecule has 136 valence electrons. The van der Waals surface area contributed by atoms with E-state index in [0.29, 0.717) is 12.0 Å². The zero-order chi connectivity index (χ0) is 17.9. The summed E-state index contributed by atoms with van der Waals surface area (Å²) in [7, 11) is 1.89. The van der Waals surface area contributed by atoms with Gasteiger partial charge < -0.3 is 10.1 Å². The van der Waals surface area contributed by atoms with E-state index in [0.717, 1.165) is 49.6 Å². The molecule has 2 rings (SSSR count). The third-order valence-electron chi connectivity index (χ3n) is 4.83. The zero-order valence-corrected chi connectivity index (χ0v) is 15.9. The van der Waals surface area contributed by atoms with Crippen LogP contribution < -0.4 is 5.32 Å². The van der Waals surface area contributed by atoms with E-state index in [4.69, 9.17) is 4.74 Å². The summed E-state index contributed by atoms with van der Waals surface area (Å²) in [6, 6.07) is -0.143. The Morgan fingerprint density at radius 2 is 1.92 bits per heavy atom. The van der Waals surface area contributed by atoms with Gasteiger partial charge >= 0.3 is 0 Å². The number of nitrogens with one attached hydrogen (secondary N) is 1. The third-order valence-corrected chi connectivity index (χ3v) is 4.83. The Kier molecular flexibility index (Phi) is 6.40. The van der Waals surface area contributed by atoms with Crippen LogP contribution in [0.2, 0.25) is 0 Å². The van der Waals surface area contributed by atoms with E-state index < -0.39 is 0 Å². The molecule has 1 aromatic heterocycles. The summed E-state index contributed by atoms with van der Waals surface area (Å²) in [5.74, 6) is 0.606. The molecular weight excluding hydrogens is 304 g/mol. The van der Waals surface area contributed by atoms with Gasteiger partial charge in [-0.15, -0.1) is 0 Å². The molecule has 0 spiro atoms. The SMILES string of the molecule is Cc1nn(C)c(C)c1NC(=O)C(C)N1CCC(OCC(C)C)CC1. The Labute approximate surface area is 145 Å². The second-order valence-electron chi connectivity index (χ2n) is 7.30. The van der Waals surface area contributed by atoms with Crippen molar-refractivity contribution < 1.29 is 9.53 Å². The fraction of sp³-hybridized carbons (Fsp3) is 0.778. The fourth-order valence-electron chi connectivity index (χ4n) is 3.11. The maximum Gasteiger partial charge on any atom is 0.241 e. The molecule has 1 unspecified atom stereocenters. The molecular formula is C18H32N4O2. The van der Waals surface area contributed by atoms with Crippen molar-refractivity contribution in [1.29, 1.82) is 0 Å². The summed E-state index contributed by atoms with van der Waals surface area (Å²) in [6.45, 7) is 12.8. The molecule has 0 bridgehead atoms. The lowest BCUT2D eigenvalue weighted by Crippen LogP contribution is -2.47. The second kappa shape index (κ2) is 8.12. The molecule has 0 aliphatic carbocycles. The van der Waals surface area contributed by atoms with Gasteiger partial charge in [-0.1, -0.05) is 13.8 Å². The van der Waals surface area contributed by atoms with Crippen LogP contribution in [0.3, 0.4) is 0 Å². The maximum absolute atomic E-state index is 12.6. The van der Waals surface area contributed by atoms with Crippen LogP contribution >= 0.6 is 0 Å². The monoisotopic (exact) mass is 336 g/mol. The van der Waals surface area contributed by atoms with Crippen LogP contribution in [0.15, 0.2) is 0 Å². The number of likely N-dealkylation sites (tertiary alicyclic amines) is 1. The number of aromatic nitrogens is 2. The summed E-state index contributed by atoms with van der Waals surface area (Å²) >= 11 is 0. The highest BCUT2D eigenvalue weighted by Crippen LogP contribution is 2.21. The van der Waals surface area contributed by atoms with Crippen molar-refractivity contribution in [3.05, 3.63) is 11.4 Å². The van der Waals surface area contributed by atoms with Gasteiger partial charge in [0.1, 0.15) is 0 Å². The van der Waals surface area contributed by atoms with E-state index >= 15 is 0 Å². The largest absolute Gasteiger partial charge is 0.378 e. The smallest absolute Gasteiger partial charge is 0.241 e. The number of hydrogen-bond acceptors (Lipinski definition) is 4. The van der Waals surface area contributed by atoms with Gasteiger partial charge in [0, 0.05) is 26.7 Å². The molecule has 1 amide bonds. The molecule has 1 N–H and O–H groups in total. The van der Waals surface area contributed by atoms with Crippen LogP contribution in [-0.2, 0) is 16.6 Å². The summed E-state index contributed by atoms with van der Waals surface area (Å²) in [5, 5.41) is 7.40. The molecule has 0 radical (unpaired) electrons. The molecule has 1 aliphatic heterocycles. The van der Waals surface area contributed by atoms with Crippen LogP contribution in [0.4, 0.5) is 5.69 Å². The molecule has 6 heteroatoms. The minimum atomic E-state index is -0.143. The highest BCUT2D eigenvalue weighted by atomic mass is 16.5. The van der Waals surface area contributed by atoms with Gasteiger partial charge in [0.25, 0.3) is 0 Å². The number of amides is 1. The van der Waals surface area contributed by atoms with Crippen molar-refractivity contribution in [2.45, 2.75) is 59.6 Å². The summed E-state index contributed by atoms with van der Waals surface area (Å²) in [6.07, 6.45) is 2.33. The lowest BCUT2D eigenvalue weighted by atomic mass is 10.1. The van der Waals surface area contributed by atoms with Gasteiger partial charge in [-0.3, -0.25) is 14.4 Å². The maximum atomic E-state index is 12.6. The van der Waals surface area contributed by atoms with Crippen molar-refractivity contribution in [2.75, 3.05) is 25.0 Å². The van der Waals surface area contributed by atoms with Gasteiger partial charge in [0.15, 0.2) is 0 Å². The first-order valence-electron chi connectivity index (χ1n) is 8.96. The van der Waals surface area contributed by atoms with Crippen molar-refractivity contribution in [3.8, 4) is 0 Å². The summed E-state index contributed by atoms with van der Waals surface area (Å²) in [5.41, 5.74) is 2.68. The van der Waals surface area contributed by atoms with Gasteiger partial charge in [-0.05, 0) is 39.5 Å². The number of piperidine rings is 1. The normalized spacial score (nSPS) is 18.1. The number of hydrogen-bond donors (Lipinski definition) is 1. The number of ether oxygens (including phenoxy) is 1. The molecule has 0 saturated carbocycles. The van der Waals surface area contributed by atoms with Crippen LogP contribution in [0.25, 0.3) is 0 Å². The van der Waals surface area contributed by atoms with E-state index in [-0.39, 0.29) is 11.9 Å². The lowest BCUT2D eigenvalue weighted by Gasteiger charge is -2.35. The van der Waals surface area contributed by atoms with Crippen LogP contribution in [0.5, 0.6) is 0 Å². The number of nitrogens with zero attached hydrogens (tertiary/aromatic N) is 3. The Morgan fingerprint density at radius 3 is 2.42 bits per heavy atom. The Balaban J connectivity index is 1.86. The molecule has 0 aromatic carbocycles. The Morgan fingerprint density at radius 1 is 1.29 bits per heavy atom. The van der Waals surface area contributed by atoms with Gasteiger partial charge in [-0.25, -0.2) is 0 Å². The first kappa shape index (κ1) is 18.9. The zero-order valence-electron chi connectivity index (χ0n) is 15.9. The van der Waals surface area contributed by atoms with Gasteiger partial charge in [0.05, 0.1) is 29.2 Å². The number of rotatable bonds is 6. The Hall–Kier alpha value is -1.40. The minimum Gasteiger partial charge on any atom is -0.378 e. The molecule has 2 heterocycles. The highest BCUT2D eigenvalue weighted by molar-refractivity contribution is 5.95. The average Bonchev–Trinajstić information content (AvgIpc) is 2.79. The predicted molar refractivity (Wildman–Crippen MR) is 96.2 cm³/mol. The van der Waals surface area contributed by atoms with Crippen LogP contribution in [-0.4, -0.2) is 52.4 Å². The standard InChI is InChI=1S/C18H32N4O2/c1-12(2)11-24-16-7-9-22(10-8-16)15(5)18(23)19-17-13(3)20-21(6)14(17)4/h12,15-16H,7-11H2,1-6H3,(H,19,23). The minimum absolute atomic E-state index is 0.0377. The van der Waals surface area contributed by atoms with E-state index in [1.54, 1.807) is 4.68 Å². The van der Waals surface area contributed by atoms with E-state index in [2.05, 4.69) is 29.2 Å². The molecule has 6 nitrogen and oxygen atoms in total. The summed E-state index contributed by atoms with van der Waals surface area (Å²) < 4.78 is 7.72. The van der Waals surface area contributed by atoms with Crippen LogP contribution in [0.1, 0.15) is 45.0 Å². The number of aryl methyl sites for hydroxylation is 2. The molecule has 1 saturated heterocycles. The first-order chi connectivity index (χ1) is 11.3. The number of anilines is 1. The van der Waals surface area contributed by atoms with E-state index in [1.807, 2.05) is 27.8 Å². The predicted octanol–water partition coefficient (Wildman–Crippen LogP) is 2.50. The number of carbonyl (C=O) groups is 1. The number of carbonyl (C=O) groups excluding carboxylic acids is 1. The second-order valence-corrected chi connectivity index (χ2v) is 7.30. The van der Waals surface area contributed by atoms with Gasteiger partial charge in [-0.2, -0.15) is 5.10 Å². The first-order valence-corrected chi connectivity index (χ1v) is 8.96. The lowest BCUT2D eigenvalue weighted by molar-refractivity contribution is -0.122. The summed E-state index contributed by atoms with van der Waals surface area (Å²) in [4.78, 5) is 14.8. The van der Waals surface area contributed by atoms with E-state index in [9.17, 15) is 4.79 Å². The molecule has 24 heavy (non-hydrogen) atoms. The van der Waals surface area contributed by atoms with E-state index in [1.165, 1.54) is 0 Å². The van der Waals surface area contributed by atoms with Crippen molar-refractivity contribution in [2.24, 2.45) is 13.0 Å². The molecule has 1 fully saturated rings. The van der Waals surface area contributed by atoms with Gasteiger partial charge in [0.2, 0.25) is 5.91 Å². The average molecular weight is 336 g/mol. The molecule has 1 aliphatic rings. The highest BCUT2D eigenvalue weighted by Gasteiger charge is 2.28. The molecule has 1 atom stereocenters. The van der Waals surface area contributed by atoms with Crippen LogP contribution in [0, 0.1) is 19.8 Å². The topological polar surface area (TPSA) is 59.4 Å². The quantitative estimate of drug-likeness (QED) is 0.867. The molecule has 1 aromatic rings. The fourth-order valence-corrected chi connectivity index (χ4v) is 3.11. The third kappa shape index (κ3) is 4.57. The van der Waals surface area contributed by atoms with Crippen molar-refractivity contribution in [3.63, 3.8) is 0 Å². The Bertz CT molecular complexity index is 560. The van der Waals surface area contributed by atoms with Crippen molar-refractivity contribution >= 4 is 11.6 Å².